The predicted octanol–water partition coefficient (Wildman–Crippen LogP) is 6.41. The summed E-state index contributed by atoms with van der Waals surface area (Å²) >= 11 is 0. The maximum Gasteiger partial charge on any atom is 0.260 e. The van der Waals surface area contributed by atoms with Gasteiger partial charge in [-0.1, -0.05) is 108 Å². The maximum absolute atomic E-state index is 6.72. The number of hydrogen-bond acceptors (Lipinski definition) is 3. The Bertz CT molecular complexity index is 1930. The van der Waals surface area contributed by atoms with E-state index < -0.39 is 0 Å². The van der Waals surface area contributed by atoms with Gasteiger partial charge in [0.05, 0.1) is 0 Å². The Balaban J connectivity index is 1.42. The number of ether oxygens (including phenoxy) is 3. The molecule has 5 aromatic rings. The fraction of sp³-hybridized carbons (Fsp3) is 0.231. The zero-order valence-electron chi connectivity index (χ0n) is 26.3. The highest BCUT2D eigenvalue weighted by Crippen LogP contribution is 2.37. The van der Waals surface area contributed by atoms with Gasteiger partial charge < -0.3 is 14.2 Å². The van der Waals surface area contributed by atoms with Crippen molar-refractivity contribution in [3.63, 3.8) is 0 Å². The van der Waals surface area contributed by atoms with Gasteiger partial charge >= 0.3 is 0 Å². The molecule has 0 saturated carbocycles. The van der Waals surface area contributed by atoms with E-state index in [0.717, 1.165) is 50.9 Å². The summed E-state index contributed by atoms with van der Waals surface area (Å²) in [5.41, 5.74) is 11.5. The summed E-state index contributed by atoms with van der Waals surface area (Å²) < 4.78 is 19.8. The van der Waals surface area contributed by atoms with Crippen LogP contribution in [0.4, 0.5) is 0 Å². The van der Waals surface area contributed by atoms with Crippen molar-refractivity contribution in [1.82, 2.24) is 0 Å². The first-order valence-electron chi connectivity index (χ1n) is 16.0. The van der Waals surface area contributed by atoms with E-state index in [0.29, 0.717) is 17.8 Å². The molecule has 3 heterocycles. The van der Waals surface area contributed by atoms with Gasteiger partial charge in [-0.05, 0) is 80.6 Å². The van der Waals surface area contributed by atoms with Crippen molar-refractivity contribution >= 4 is 46.2 Å². The van der Waals surface area contributed by atoms with Crippen molar-refractivity contribution in [3.05, 3.63) is 108 Å². The minimum absolute atomic E-state index is 0.00970. The standard InChI is InChI=1S/C39H36B2O3/c1-22(2)25-18-26(23(3)4)38(27(19-25)24(5)6)40-28-12-7-10-15-33(28)43-36-21-37-31(20-30(36)40)41-29-13-8-9-14-32(29)42-34-16-11-17-35(44-37)39(34)41/h7-24H,1-6H3. The molecule has 0 radical (unpaired) electrons. The second kappa shape index (κ2) is 10.1. The van der Waals surface area contributed by atoms with Crippen LogP contribution in [0.5, 0.6) is 34.5 Å². The quantitative estimate of drug-likeness (QED) is 0.228. The molecular formula is C39H36B2O3. The molecule has 0 unspecified atom stereocenters. The topological polar surface area (TPSA) is 27.7 Å². The first kappa shape index (κ1) is 27.2. The Morgan fingerprint density at radius 1 is 0.409 bits per heavy atom. The molecule has 8 rings (SSSR count). The SMILES string of the molecule is CC(C)c1cc(C(C)C)c(B2c3ccccc3Oc3cc4c(cc32)B2c3ccccc3Oc3cccc(c32)O4)c(C(C)C)c1. The summed E-state index contributed by atoms with van der Waals surface area (Å²) in [5.74, 6) is 6.44. The Labute approximate surface area is 261 Å². The highest BCUT2D eigenvalue weighted by molar-refractivity contribution is 7.00. The summed E-state index contributed by atoms with van der Waals surface area (Å²) in [5, 5.41) is 0. The minimum Gasteiger partial charge on any atom is -0.458 e. The zero-order valence-corrected chi connectivity index (χ0v) is 26.3. The molecule has 0 atom stereocenters. The fourth-order valence-corrected chi connectivity index (χ4v) is 7.49. The third-order valence-electron chi connectivity index (χ3n) is 9.66. The van der Waals surface area contributed by atoms with E-state index in [2.05, 4.69) is 114 Å². The van der Waals surface area contributed by atoms with Gasteiger partial charge in [-0.2, -0.15) is 0 Å². The molecule has 0 N–H and O–H groups in total. The predicted molar refractivity (Wildman–Crippen MR) is 184 cm³/mol. The third kappa shape index (κ3) is 4.05. The van der Waals surface area contributed by atoms with Crippen LogP contribution >= 0.6 is 0 Å². The average molecular weight is 574 g/mol. The van der Waals surface area contributed by atoms with Gasteiger partial charge in [-0.3, -0.25) is 0 Å². The summed E-state index contributed by atoms with van der Waals surface area (Å²) in [6.45, 7) is 14.0. The molecule has 3 nitrogen and oxygen atoms in total. The lowest BCUT2D eigenvalue weighted by Gasteiger charge is -2.36. The van der Waals surface area contributed by atoms with Gasteiger partial charge in [0.15, 0.2) is 0 Å². The van der Waals surface area contributed by atoms with Crippen LogP contribution in [-0.4, -0.2) is 13.4 Å². The highest BCUT2D eigenvalue weighted by Gasteiger charge is 2.43. The largest absolute Gasteiger partial charge is 0.458 e. The van der Waals surface area contributed by atoms with E-state index in [1.807, 2.05) is 18.2 Å². The van der Waals surface area contributed by atoms with Gasteiger partial charge in [-0.25, -0.2) is 0 Å². The van der Waals surface area contributed by atoms with Crippen molar-refractivity contribution < 1.29 is 14.2 Å². The molecule has 0 fully saturated rings. The molecule has 0 bridgehead atoms. The fourth-order valence-electron chi connectivity index (χ4n) is 7.49. The first-order valence-corrected chi connectivity index (χ1v) is 16.0. The lowest BCUT2D eigenvalue weighted by molar-refractivity contribution is 0.456. The van der Waals surface area contributed by atoms with E-state index in [1.54, 1.807) is 0 Å². The number of para-hydroxylation sites is 2. The Morgan fingerprint density at radius 3 is 1.39 bits per heavy atom. The lowest BCUT2D eigenvalue weighted by Crippen LogP contribution is -2.61. The average Bonchev–Trinajstić information content (AvgIpc) is 3.02. The summed E-state index contributed by atoms with van der Waals surface area (Å²) in [7, 11) is 0. The lowest BCUT2D eigenvalue weighted by atomic mass is 9.31. The summed E-state index contributed by atoms with van der Waals surface area (Å²) in [6.07, 6.45) is 0. The molecule has 44 heavy (non-hydrogen) atoms. The van der Waals surface area contributed by atoms with Gasteiger partial charge in [0.2, 0.25) is 0 Å². The van der Waals surface area contributed by atoms with Crippen LogP contribution in [0.1, 0.15) is 76.0 Å². The molecule has 0 aliphatic carbocycles. The molecule has 216 valence electrons. The molecule has 0 saturated heterocycles. The van der Waals surface area contributed by atoms with E-state index in [4.69, 9.17) is 14.2 Å². The van der Waals surface area contributed by atoms with Crippen LogP contribution < -0.4 is 47.0 Å². The van der Waals surface area contributed by atoms with Gasteiger partial charge in [0, 0.05) is 11.5 Å². The number of benzene rings is 5. The first-order chi connectivity index (χ1) is 21.3. The van der Waals surface area contributed by atoms with Crippen molar-refractivity contribution in [2.24, 2.45) is 0 Å². The molecule has 5 aromatic carbocycles. The second-order valence-electron chi connectivity index (χ2n) is 13.4. The molecule has 5 heteroatoms. The van der Waals surface area contributed by atoms with Gasteiger partial charge in [0.25, 0.3) is 13.4 Å². The number of rotatable bonds is 4. The Kier molecular flexibility index (Phi) is 6.24. The van der Waals surface area contributed by atoms with E-state index in [1.165, 1.54) is 33.1 Å². The zero-order chi connectivity index (χ0) is 30.3. The molecule has 0 amide bonds. The van der Waals surface area contributed by atoms with Crippen molar-refractivity contribution in [2.45, 2.75) is 59.3 Å². The number of hydrogen-bond donors (Lipinski definition) is 0. The monoisotopic (exact) mass is 574 g/mol. The van der Waals surface area contributed by atoms with Crippen molar-refractivity contribution in [1.29, 1.82) is 0 Å². The highest BCUT2D eigenvalue weighted by atomic mass is 16.5. The smallest absolute Gasteiger partial charge is 0.260 e. The number of fused-ring (bicyclic) bond motifs is 6. The Morgan fingerprint density at radius 2 is 0.864 bits per heavy atom. The van der Waals surface area contributed by atoms with Gasteiger partial charge in [-0.15, -0.1) is 0 Å². The molecule has 3 aliphatic rings. The normalized spacial score (nSPS) is 13.8. The molecule has 0 spiro atoms. The van der Waals surface area contributed by atoms with E-state index in [-0.39, 0.29) is 13.4 Å². The van der Waals surface area contributed by atoms with Gasteiger partial charge in [0.1, 0.15) is 34.5 Å². The Hall–Kier alpha value is -4.37. The second-order valence-corrected chi connectivity index (χ2v) is 13.4. The molecular weight excluding hydrogens is 538 g/mol. The van der Waals surface area contributed by atoms with Crippen LogP contribution in [0.25, 0.3) is 0 Å². The summed E-state index contributed by atoms with van der Waals surface area (Å²) in [6, 6.07) is 32.5. The van der Waals surface area contributed by atoms with Crippen LogP contribution in [0.2, 0.25) is 0 Å². The van der Waals surface area contributed by atoms with Crippen LogP contribution in [0.15, 0.2) is 91.0 Å². The minimum atomic E-state index is 0.00970. The molecule has 0 aromatic heterocycles. The van der Waals surface area contributed by atoms with Crippen molar-refractivity contribution in [2.75, 3.05) is 0 Å². The van der Waals surface area contributed by atoms with E-state index >= 15 is 0 Å². The van der Waals surface area contributed by atoms with Crippen LogP contribution in [0.3, 0.4) is 0 Å². The van der Waals surface area contributed by atoms with Crippen molar-refractivity contribution in [3.8, 4) is 34.5 Å². The third-order valence-corrected chi connectivity index (χ3v) is 9.66. The maximum atomic E-state index is 6.72. The molecule has 3 aliphatic heterocycles. The van der Waals surface area contributed by atoms with Crippen LogP contribution in [-0.2, 0) is 0 Å². The van der Waals surface area contributed by atoms with E-state index in [9.17, 15) is 0 Å². The van der Waals surface area contributed by atoms with Crippen LogP contribution in [0, 0.1) is 0 Å². The summed E-state index contributed by atoms with van der Waals surface area (Å²) in [4.78, 5) is 0.